The lowest BCUT2D eigenvalue weighted by Gasteiger charge is -2.46. The van der Waals surface area contributed by atoms with Crippen molar-refractivity contribution in [3.63, 3.8) is 0 Å². The molecule has 0 heterocycles. The highest BCUT2D eigenvalue weighted by Gasteiger charge is 2.55. The second-order valence-electron chi connectivity index (χ2n) is 6.31. The predicted molar refractivity (Wildman–Crippen MR) is 66.0 cm³/mol. The lowest BCUT2D eigenvalue weighted by Crippen LogP contribution is -2.52. The van der Waals surface area contributed by atoms with E-state index >= 15 is 0 Å². The van der Waals surface area contributed by atoms with E-state index in [2.05, 4.69) is 0 Å². The Hall–Kier alpha value is -0.990. The summed E-state index contributed by atoms with van der Waals surface area (Å²) in [6.45, 7) is 0. The van der Waals surface area contributed by atoms with Crippen LogP contribution in [0.2, 0.25) is 0 Å². The van der Waals surface area contributed by atoms with Gasteiger partial charge in [0.2, 0.25) is 0 Å². The summed E-state index contributed by atoms with van der Waals surface area (Å²) in [4.78, 5) is 35.1. The summed E-state index contributed by atoms with van der Waals surface area (Å²) in [6, 6.07) is 0. The van der Waals surface area contributed by atoms with Crippen LogP contribution in [0.15, 0.2) is 0 Å². The van der Waals surface area contributed by atoms with Crippen LogP contribution in [0.4, 0.5) is 0 Å². The van der Waals surface area contributed by atoms with Crippen molar-refractivity contribution in [2.24, 2.45) is 17.3 Å². The number of rotatable bonds is 1. The summed E-state index contributed by atoms with van der Waals surface area (Å²) in [5.74, 6) is 1.83. The van der Waals surface area contributed by atoms with Crippen molar-refractivity contribution in [2.45, 2.75) is 57.8 Å². The maximum Gasteiger partial charge on any atom is 0.146 e. The van der Waals surface area contributed by atoms with Crippen LogP contribution in [0.5, 0.6) is 0 Å². The highest BCUT2D eigenvalue weighted by molar-refractivity contribution is 6.11. The van der Waals surface area contributed by atoms with Gasteiger partial charge in [0, 0.05) is 25.7 Å². The average molecular weight is 248 g/mol. The highest BCUT2D eigenvalue weighted by Crippen LogP contribution is 2.51. The third-order valence-corrected chi connectivity index (χ3v) is 5.45. The highest BCUT2D eigenvalue weighted by atomic mass is 16.2. The molecule has 98 valence electrons. The smallest absolute Gasteiger partial charge is 0.146 e. The van der Waals surface area contributed by atoms with Crippen molar-refractivity contribution in [2.75, 3.05) is 0 Å². The van der Waals surface area contributed by atoms with Crippen molar-refractivity contribution < 1.29 is 14.4 Å². The van der Waals surface area contributed by atoms with Gasteiger partial charge < -0.3 is 0 Å². The minimum atomic E-state index is -0.579. The van der Waals surface area contributed by atoms with Crippen LogP contribution in [0, 0.1) is 17.3 Å². The van der Waals surface area contributed by atoms with Gasteiger partial charge in [-0.3, -0.25) is 14.4 Å². The molecular formula is C15H20O3. The molecule has 0 amide bonds. The molecule has 3 fully saturated rings. The minimum absolute atomic E-state index is 0.184. The largest absolute Gasteiger partial charge is 0.300 e. The fourth-order valence-electron chi connectivity index (χ4n) is 4.09. The molecule has 0 radical (unpaired) electrons. The molecule has 3 aliphatic carbocycles. The normalized spacial score (nSPS) is 38.0. The summed E-state index contributed by atoms with van der Waals surface area (Å²) in [7, 11) is 0. The fourth-order valence-corrected chi connectivity index (χ4v) is 4.09. The van der Waals surface area contributed by atoms with E-state index in [0.717, 1.165) is 32.1 Å². The van der Waals surface area contributed by atoms with Gasteiger partial charge in [-0.2, -0.15) is 0 Å². The van der Waals surface area contributed by atoms with Crippen LogP contribution in [0.3, 0.4) is 0 Å². The topological polar surface area (TPSA) is 51.2 Å². The van der Waals surface area contributed by atoms with Crippen molar-refractivity contribution in [3.8, 4) is 0 Å². The predicted octanol–water partition coefficient (Wildman–Crippen LogP) is 2.46. The zero-order valence-electron chi connectivity index (χ0n) is 10.7. The molecule has 0 bridgehead atoms. The lowest BCUT2D eigenvalue weighted by atomic mass is 9.54. The molecule has 0 aromatic carbocycles. The first-order valence-electron chi connectivity index (χ1n) is 7.20. The molecular weight excluding hydrogens is 228 g/mol. The molecule has 0 N–H and O–H groups in total. The van der Waals surface area contributed by atoms with E-state index in [0.29, 0.717) is 43.3 Å². The van der Waals surface area contributed by atoms with Gasteiger partial charge >= 0.3 is 0 Å². The quantitative estimate of drug-likeness (QED) is 0.670. The Morgan fingerprint density at radius 2 is 1.39 bits per heavy atom. The number of Topliss-reactive ketones (excluding diaryl/α,β-unsaturated/α-hetero) is 3. The van der Waals surface area contributed by atoms with Gasteiger partial charge in [-0.05, 0) is 43.9 Å². The Kier molecular flexibility index (Phi) is 2.87. The number of carbonyl (C=O) groups excluding carboxylic acids is 3. The number of carbonyl (C=O) groups is 3. The Morgan fingerprint density at radius 1 is 0.778 bits per heavy atom. The van der Waals surface area contributed by atoms with Gasteiger partial charge in [0.15, 0.2) is 0 Å². The van der Waals surface area contributed by atoms with Crippen LogP contribution in [0.1, 0.15) is 57.8 Å². The third kappa shape index (κ3) is 1.75. The van der Waals surface area contributed by atoms with Gasteiger partial charge in [0.05, 0.1) is 5.41 Å². The summed E-state index contributed by atoms with van der Waals surface area (Å²) in [6.07, 6.45) is 7.04. The molecule has 18 heavy (non-hydrogen) atoms. The summed E-state index contributed by atoms with van der Waals surface area (Å²) < 4.78 is 0. The van der Waals surface area contributed by atoms with E-state index in [4.69, 9.17) is 0 Å². The van der Waals surface area contributed by atoms with Crippen LogP contribution in [-0.4, -0.2) is 17.3 Å². The van der Waals surface area contributed by atoms with E-state index in [9.17, 15) is 14.4 Å². The molecule has 0 aliphatic heterocycles. The second-order valence-corrected chi connectivity index (χ2v) is 6.31. The molecule has 3 saturated carbocycles. The first-order chi connectivity index (χ1) is 8.62. The Balaban J connectivity index is 1.70. The monoisotopic (exact) mass is 248 g/mol. The van der Waals surface area contributed by atoms with Crippen molar-refractivity contribution in [1.82, 2.24) is 0 Å². The standard InChI is InChI=1S/C15H20O3/c16-12-4-1-10(2-5-12)11-3-6-13(17)15(9-11)8-7-14(15)18/h10-11H,1-9H2. The van der Waals surface area contributed by atoms with E-state index < -0.39 is 5.41 Å². The Labute approximate surface area is 107 Å². The zero-order valence-corrected chi connectivity index (χ0v) is 10.7. The van der Waals surface area contributed by atoms with E-state index in [-0.39, 0.29) is 11.6 Å². The van der Waals surface area contributed by atoms with Crippen LogP contribution < -0.4 is 0 Å². The van der Waals surface area contributed by atoms with Gasteiger partial charge in [-0.1, -0.05) is 0 Å². The molecule has 2 unspecified atom stereocenters. The van der Waals surface area contributed by atoms with Gasteiger partial charge in [-0.15, -0.1) is 0 Å². The van der Waals surface area contributed by atoms with Crippen LogP contribution in [0.25, 0.3) is 0 Å². The van der Waals surface area contributed by atoms with Crippen molar-refractivity contribution in [1.29, 1.82) is 0 Å². The van der Waals surface area contributed by atoms with E-state index in [1.54, 1.807) is 0 Å². The summed E-state index contributed by atoms with van der Waals surface area (Å²) >= 11 is 0. The van der Waals surface area contributed by atoms with Crippen LogP contribution in [-0.2, 0) is 14.4 Å². The van der Waals surface area contributed by atoms with Gasteiger partial charge in [-0.25, -0.2) is 0 Å². The molecule has 3 nitrogen and oxygen atoms in total. The second kappa shape index (κ2) is 4.29. The average Bonchev–Trinajstić information content (AvgIpc) is 2.38. The van der Waals surface area contributed by atoms with E-state index in [1.165, 1.54) is 0 Å². The van der Waals surface area contributed by atoms with Crippen LogP contribution >= 0.6 is 0 Å². The Morgan fingerprint density at radius 3 is 1.94 bits per heavy atom. The molecule has 0 aromatic heterocycles. The first-order valence-corrected chi connectivity index (χ1v) is 7.20. The molecule has 2 atom stereocenters. The van der Waals surface area contributed by atoms with Crippen molar-refractivity contribution in [3.05, 3.63) is 0 Å². The first kappa shape index (κ1) is 12.1. The summed E-state index contributed by atoms with van der Waals surface area (Å²) in [5.41, 5.74) is -0.579. The fraction of sp³-hybridized carbons (Fsp3) is 0.800. The molecule has 3 rings (SSSR count). The zero-order chi connectivity index (χ0) is 12.8. The number of hydrogen-bond acceptors (Lipinski definition) is 3. The maximum atomic E-state index is 12.0. The van der Waals surface area contributed by atoms with Gasteiger partial charge in [0.25, 0.3) is 0 Å². The summed E-state index contributed by atoms with van der Waals surface area (Å²) in [5, 5.41) is 0. The maximum absolute atomic E-state index is 12.0. The minimum Gasteiger partial charge on any atom is -0.300 e. The van der Waals surface area contributed by atoms with E-state index in [1.807, 2.05) is 0 Å². The van der Waals surface area contributed by atoms with Crippen molar-refractivity contribution >= 4 is 17.3 Å². The Bertz CT molecular complexity index is 402. The third-order valence-electron chi connectivity index (χ3n) is 5.45. The number of ketones is 3. The molecule has 1 spiro atoms. The molecule has 0 aromatic rings. The van der Waals surface area contributed by atoms with Gasteiger partial charge in [0.1, 0.15) is 17.3 Å². The molecule has 3 heteroatoms. The number of hydrogen-bond donors (Lipinski definition) is 0. The molecule has 0 saturated heterocycles. The SMILES string of the molecule is O=C1CCC(C2CCC(=O)C3(CCC3=O)C2)CC1. The lowest BCUT2D eigenvalue weighted by molar-refractivity contribution is -0.154. The molecule has 3 aliphatic rings.